The molecule has 3 heteroatoms. The van der Waals surface area contributed by atoms with E-state index in [2.05, 4.69) is 49.8 Å². The molecule has 0 spiro atoms. The molecule has 0 aromatic heterocycles. The van der Waals surface area contributed by atoms with Crippen LogP contribution in [0, 0.1) is 0 Å². The van der Waals surface area contributed by atoms with E-state index in [4.69, 9.17) is 0 Å². The van der Waals surface area contributed by atoms with E-state index < -0.39 is 0 Å². The maximum Gasteiger partial charge on any atom is 0.0220 e. The normalized spacial score (nSPS) is 23.2. The maximum atomic E-state index is 3.59. The molecular weight excluding hydrogens is 216 g/mol. The predicted molar refractivity (Wildman–Crippen MR) is 75.3 cm³/mol. The molecule has 1 heterocycles. The van der Waals surface area contributed by atoms with Gasteiger partial charge in [0.25, 0.3) is 0 Å². The average molecular weight is 244 g/mol. The summed E-state index contributed by atoms with van der Waals surface area (Å²) in [4.78, 5) is 2.62. The second-order valence-corrected chi connectivity index (χ2v) is 6.34. The Balaban J connectivity index is 2.40. The number of nitrogens with one attached hydrogen (secondary N) is 1. The van der Waals surface area contributed by atoms with Gasteiger partial charge in [-0.15, -0.1) is 0 Å². The van der Waals surface area contributed by atoms with Crippen molar-refractivity contribution in [3.63, 3.8) is 0 Å². The molecule has 1 N–H and O–H groups in total. The Morgan fingerprint density at radius 2 is 2.19 bits per heavy atom. The van der Waals surface area contributed by atoms with E-state index in [0.717, 1.165) is 18.6 Å². The first-order valence-corrected chi connectivity index (χ1v) is 7.83. The van der Waals surface area contributed by atoms with Crippen LogP contribution in [0.25, 0.3) is 0 Å². The summed E-state index contributed by atoms with van der Waals surface area (Å²) < 4.78 is 0. The lowest BCUT2D eigenvalue weighted by atomic mass is 10.1. The van der Waals surface area contributed by atoms with Gasteiger partial charge in [-0.1, -0.05) is 27.2 Å². The molecule has 1 fully saturated rings. The van der Waals surface area contributed by atoms with E-state index in [1.807, 2.05) is 0 Å². The Bertz CT molecular complexity index is 179. The van der Waals surface area contributed by atoms with Crippen molar-refractivity contribution in [1.82, 2.24) is 10.2 Å². The van der Waals surface area contributed by atoms with Gasteiger partial charge in [0.1, 0.15) is 0 Å². The Morgan fingerprint density at radius 1 is 1.44 bits per heavy atom. The van der Waals surface area contributed by atoms with E-state index in [-0.39, 0.29) is 0 Å². The summed E-state index contributed by atoms with van der Waals surface area (Å²) in [5, 5.41) is 3.59. The summed E-state index contributed by atoms with van der Waals surface area (Å²) in [6, 6.07) is 2.14. The molecule has 2 unspecified atom stereocenters. The van der Waals surface area contributed by atoms with Gasteiger partial charge >= 0.3 is 0 Å². The molecular formula is C13H28N2S. The van der Waals surface area contributed by atoms with Gasteiger partial charge in [-0.05, 0) is 25.6 Å². The third-order valence-electron chi connectivity index (χ3n) is 3.44. The fraction of sp³-hybridized carbons (Fsp3) is 1.00. The highest BCUT2D eigenvalue weighted by Gasteiger charge is 2.25. The second-order valence-electron chi connectivity index (χ2n) is 5.19. The van der Waals surface area contributed by atoms with Gasteiger partial charge in [-0.2, -0.15) is 11.8 Å². The van der Waals surface area contributed by atoms with Crippen LogP contribution >= 0.6 is 11.8 Å². The predicted octanol–water partition coefficient (Wildman–Crippen LogP) is 2.59. The average Bonchev–Trinajstić information content (AvgIpc) is 2.76. The zero-order chi connectivity index (χ0) is 12.0. The van der Waals surface area contributed by atoms with Gasteiger partial charge in [-0.3, -0.25) is 4.90 Å². The van der Waals surface area contributed by atoms with Gasteiger partial charge in [-0.25, -0.2) is 0 Å². The summed E-state index contributed by atoms with van der Waals surface area (Å²) >= 11 is 2.11. The topological polar surface area (TPSA) is 15.3 Å². The monoisotopic (exact) mass is 244 g/mol. The molecule has 0 amide bonds. The molecule has 0 aliphatic carbocycles. The lowest BCUT2D eigenvalue weighted by Gasteiger charge is -2.33. The summed E-state index contributed by atoms with van der Waals surface area (Å²) in [6.07, 6.45) is 3.98. The number of rotatable bonds is 7. The van der Waals surface area contributed by atoms with Crippen molar-refractivity contribution in [2.75, 3.05) is 25.1 Å². The zero-order valence-electron chi connectivity index (χ0n) is 11.3. The molecule has 16 heavy (non-hydrogen) atoms. The number of hydrogen-bond donors (Lipinski definition) is 1. The lowest BCUT2D eigenvalue weighted by molar-refractivity contribution is 0.171. The van der Waals surface area contributed by atoms with Crippen LogP contribution in [-0.4, -0.2) is 48.1 Å². The van der Waals surface area contributed by atoms with Crippen molar-refractivity contribution in [3.8, 4) is 0 Å². The minimum Gasteiger partial charge on any atom is -0.313 e. The van der Waals surface area contributed by atoms with E-state index in [0.29, 0.717) is 6.04 Å². The third kappa shape index (κ3) is 4.64. The Labute approximate surface area is 106 Å². The van der Waals surface area contributed by atoms with E-state index in [1.54, 1.807) is 0 Å². The van der Waals surface area contributed by atoms with Crippen molar-refractivity contribution < 1.29 is 0 Å². The van der Waals surface area contributed by atoms with Crippen LogP contribution < -0.4 is 5.32 Å². The molecule has 0 aromatic rings. The fourth-order valence-corrected chi connectivity index (χ4v) is 3.58. The summed E-state index contributed by atoms with van der Waals surface area (Å²) in [6.45, 7) is 7.89. The minimum absolute atomic E-state index is 0.603. The molecule has 0 bridgehead atoms. The first-order valence-electron chi connectivity index (χ1n) is 6.68. The molecule has 2 nitrogen and oxygen atoms in total. The standard InChI is InChI=1S/C13H28N2S/c1-5-6-12(9-14-11(2)3)15(4)13-7-8-16-10-13/h11-14H,5-10H2,1-4H3. The molecule has 1 saturated heterocycles. The van der Waals surface area contributed by atoms with Crippen molar-refractivity contribution in [1.29, 1.82) is 0 Å². The van der Waals surface area contributed by atoms with Crippen molar-refractivity contribution in [2.45, 2.75) is 58.2 Å². The number of nitrogens with zero attached hydrogens (tertiary/aromatic N) is 1. The summed E-state index contributed by atoms with van der Waals surface area (Å²) in [7, 11) is 2.32. The quantitative estimate of drug-likeness (QED) is 0.741. The van der Waals surface area contributed by atoms with Gasteiger partial charge in [0.2, 0.25) is 0 Å². The lowest BCUT2D eigenvalue weighted by Crippen LogP contribution is -2.46. The largest absolute Gasteiger partial charge is 0.313 e. The van der Waals surface area contributed by atoms with Gasteiger partial charge in [0.05, 0.1) is 0 Å². The van der Waals surface area contributed by atoms with Crippen LogP contribution in [0.15, 0.2) is 0 Å². The SMILES string of the molecule is CCCC(CNC(C)C)N(C)C1CCSC1. The number of likely N-dealkylation sites (N-methyl/N-ethyl adjacent to an activating group) is 1. The highest BCUT2D eigenvalue weighted by molar-refractivity contribution is 7.99. The first-order chi connectivity index (χ1) is 7.65. The highest BCUT2D eigenvalue weighted by Crippen LogP contribution is 2.23. The van der Waals surface area contributed by atoms with E-state index in [1.165, 1.54) is 30.8 Å². The zero-order valence-corrected chi connectivity index (χ0v) is 12.1. The molecule has 96 valence electrons. The van der Waals surface area contributed by atoms with E-state index >= 15 is 0 Å². The minimum atomic E-state index is 0.603. The molecule has 1 rings (SSSR count). The third-order valence-corrected chi connectivity index (χ3v) is 4.59. The molecule has 2 atom stereocenters. The Morgan fingerprint density at radius 3 is 2.69 bits per heavy atom. The van der Waals surface area contributed by atoms with Crippen LogP contribution in [0.1, 0.15) is 40.0 Å². The molecule has 1 aliphatic rings. The van der Waals surface area contributed by atoms with Gasteiger partial charge in [0, 0.05) is 30.4 Å². The molecule has 1 aliphatic heterocycles. The molecule has 0 radical (unpaired) electrons. The Hall–Kier alpha value is 0.270. The van der Waals surface area contributed by atoms with Crippen LogP contribution in [0.3, 0.4) is 0 Å². The van der Waals surface area contributed by atoms with Crippen LogP contribution in [0.2, 0.25) is 0 Å². The van der Waals surface area contributed by atoms with Gasteiger partial charge < -0.3 is 5.32 Å². The second kappa shape index (κ2) is 7.57. The smallest absolute Gasteiger partial charge is 0.0220 e. The molecule has 0 saturated carbocycles. The first kappa shape index (κ1) is 14.3. The van der Waals surface area contributed by atoms with E-state index in [9.17, 15) is 0 Å². The van der Waals surface area contributed by atoms with Crippen LogP contribution in [0.4, 0.5) is 0 Å². The van der Waals surface area contributed by atoms with Crippen LogP contribution in [0.5, 0.6) is 0 Å². The highest BCUT2D eigenvalue weighted by atomic mass is 32.2. The van der Waals surface area contributed by atoms with Gasteiger partial charge in [0.15, 0.2) is 0 Å². The van der Waals surface area contributed by atoms with Crippen molar-refractivity contribution >= 4 is 11.8 Å². The maximum absolute atomic E-state index is 3.59. The van der Waals surface area contributed by atoms with Crippen molar-refractivity contribution in [3.05, 3.63) is 0 Å². The number of thioether (sulfide) groups is 1. The fourth-order valence-electron chi connectivity index (χ4n) is 2.30. The summed E-state index contributed by atoms with van der Waals surface area (Å²) in [5.41, 5.74) is 0. The number of hydrogen-bond acceptors (Lipinski definition) is 3. The van der Waals surface area contributed by atoms with Crippen molar-refractivity contribution in [2.24, 2.45) is 0 Å². The van der Waals surface area contributed by atoms with Crippen LogP contribution in [-0.2, 0) is 0 Å². The Kier molecular flexibility index (Phi) is 6.78. The summed E-state index contributed by atoms with van der Waals surface area (Å²) in [5.74, 6) is 2.68. The molecule has 0 aromatic carbocycles.